The summed E-state index contributed by atoms with van der Waals surface area (Å²) in [5.41, 5.74) is 1.49. The number of anilines is 2. The number of nitrogens with zero attached hydrogens (tertiary/aromatic N) is 3. The Bertz CT molecular complexity index is 728. The van der Waals surface area contributed by atoms with Gasteiger partial charge in [-0.15, -0.1) is 11.3 Å². The van der Waals surface area contributed by atoms with Crippen molar-refractivity contribution < 1.29 is 14.3 Å². The minimum atomic E-state index is -0.226. The Labute approximate surface area is 131 Å². The maximum atomic E-state index is 12.4. The van der Waals surface area contributed by atoms with E-state index in [1.54, 1.807) is 19.2 Å². The highest BCUT2D eigenvalue weighted by molar-refractivity contribution is 7.14. The van der Waals surface area contributed by atoms with Gasteiger partial charge in [0.25, 0.3) is 5.91 Å². The molecule has 2 aromatic rings. The maximum Gasteiger partial charge on any atom is 0.265 e. The number of amides is 2. The number of aromatic nitrogens is 1. The van der Waals surface area contributed by atoms with Crippen LogP contribution in [0.1, 0.15) is 5.69 Å². The zero-order valence-electron chi connectivity index (χ0n) is 12.3. The van der Waals surface area contributed by atoms with Gasteiger partial charge in [0.2, 0.25) is 5.91 Å². The molecule has 7 heteroatoms. The van der Waals surface area contributed by atoms with E-state index in [-0.39, 0.29) is 25.0 Å². The largest absolute Gasteiger partial charge is 0.482 e. The number of carbonyl (C=O) groups excluding carboxylic acids is 2. The molecule has 2 amide bonds. The summed E-state index contributed by atoms with van der Waals surface area (Å²) in [5, 5.41) is 2.50. The molecule has 0 fully saturated rings. The van der Waals surface area contributed by atoms with E-state index in [0.29, 0.717) is 16.6 Å². The SMILES string of the molecule is Cc1csc(N(C)C(=O)CN2C(=O)COc3ccccc32)n1. The van der Waals surface area contributed by atoms with Crippen LogP contribution >= 0.6 is 11.3 Å². The number of benzene rings is 1. The molecule has 0 aliphatic carbocycles. The fraction of sp³-hybridized carbons (Fsp3) is 0.267. The Hall–Kier alpha value is -2.41. The molecule has 1 aromatic heterocycles. The van der Waals surface area contributed by atoms with E-state index in [0.717, 1.165) is 5.69 Å². The van der Waals surface area contributed by atoms with E-state index in [4.69, 9.17) is 4.74 Å². The standard InChI is InChI=1S/C15H15N3O3S/c1-10-9-22-15(16-10)17(2)13(19)7-18-11-5-3-4-6-12(11)21-8-14(18)20/h3-6,9H,7-8H2,1-2H3. The highest BCUT2D eigenvalue weighted by Gasteiger charge is 2.28. The van der Waals surface area contributed by atoms with Gasteiger partial charge >= 0.3 is 0 Å². The molecule has 0 unspecified atom stereocenters. The quantitative estimate of drug-likeness (QED) is 0.866. The summed E-state index contributed by atoms with van der Waals surface area (Å²) >= 11 is 1.40. The first-order chi connectivity index (χ1) is 10.6. The van der Waals surface area contributed by atoms with Crippen LogP contribution in [0, 0.1) is 6.92 Å². The van der Waals surface area contributed by atoms with Crippen LogP contribution in [0.2, 0.25) is 0 Å². The van der Waals surface area contributed by atoms with Crippen molar-refractivity contribution in [3.05, 3.63) is 35.3 Å². The summed E-state index contributed by atoms with van der Waals surface area (Å²) in [4.78, 5) is 31.7. The van der Waals surface area contributed by atoms with E-state index in [1.807, 2.05) is 24.4 Å². The number of hydrogen-bond donors (Lipinski definition) is 0. The summed E-state index contributed by atoms with van der Waals surface area (Å²) in [6, 6.07) is 7.20. The highest BCUT2D eigenvalue weighted by atomic mass is 32.1. The van der Waals surface area contributed by atoms with E-state index in [1.165, 1.54) is 21.1 Å². The van der Waals surface area contributed by atoms with Gasteiger partial charge in [-0.3, -0.25) is 19.4 Å². The first-order valence-electron chi connectivity index (χ1n) is 6.77. The van der Waals surface area contributed by atoms with Crippen molar-refractivity contribution in [2.45, 2.75) is 6.92 Å². The number of hydrogen-bond acceptors (Lipinski definition) is 5. The zero-order valence-corrected chi connectivity index (χ0v) is 13.1. The molecular weight excluding hydrogens is 302 g/mol. The van der Waals surface area contributed by atoms with Crippen molar-refractivity contribution >= 4 is 34.0 Å². The lowest BCUT2D eigenvalue weighted by Gasteiger charge is -2.29. The fourth-order valence-electron chi connectivity index (χ4n) is 2.17. The van der Waals surface area contributed by atoms with Crippen LogP contribution in [-0.4, -0.2) is 37.0 Å². The number of aryl methyl sites for hydroxylation is 1. The molecule has 6 nitrogen and oxygen atoms in total. The Morgan fingerprint density at radius 2 is 2.23 bits per heavy atom. The average molecular weight is 317 g/mol. The lowest BCUT2D eigenvalue weighted by molar-refractivity contribution is -0.124. The second kappa shape index (κ2) is 5.76. The van der Waals surface area contributed by atoms with Gasteiger partial charge in [0.1, 0.15) is 12.3 Å². The molecule has 0 radical (unpaired) electrons. The number of likely N-dealkylation sites (N-methyl/N-ethyl adjacent to an activating group) is 1. The molecule has 1 aliphatic heterocycles. The lowest BCUT2D eigenvalue weighted by atomic mass is 10.2. The molecule has 0 N–H and O–H groups in total. The van der Waals surface area contributed by atoms with Crippen molar-refractivity contribution in [1.82, 2.24) is 4.98 Å². The van der Waals surface area contributed by atoms with Gasteiger partial charge in [-0.05, 0) is 19.1 Å². The molecule has 1 aliphatic rings. The number of para-hydroxylation sites is 2. The van der Waals surface area contributed by atoms with Crippen molar-refractivity contribution in [3.63, 3.8) is 0 Å². The van der Waals surface area contributed by atoms with E-state index < -0.39 is 0 Å². The number of ether oxygens (including phenoxy) is 1. The normalized spacial score (nSPS) is 13.5. The predicted molar refractivity (Wildman–Crippen MR) is 84.6 cm³/mol. The summed E-state index contributed by atoms with van der Waals surface area (Å²) in [5.74, 6) is 0.192. The van der Waals surface area contributed by atoms with Crippen molar-refractivity contribution in [2.75, 3.05) is 30.0 Å². The molecular formula is C15H15N3O3S. The first-order valence-corrected chi connectivity index (χ1v) is 7.65. The minimum Gasteiger partial charge on any atom is -0.482 e. The van der Waals surface area contributed by atoms with Gasteiger partial charge in [-0.25, -0.2) is 4.98 Å². The van der Waals surface area contributed by atoms with Crippen LogP contribution in [0.25, 0.3) is 0 Å². The molecule has 0 atom stereocenters. The lowest BCUT2D eigenvalue weighted by Crippen LogP contribution is -2.45. The molecule has 1 aromatic carbocycles. The summed E-state index contributed by atoms with van der Waals surface area (Å²) in [6.45, 7) is 1.79. The Morgan fingerprint density at radius 1 is 1.45 bits per heavy atom. The van der Waals surface area contributed by atoms with Crippen molar-refractivity contribution in [2.24, 2.45) is 0 Å². The summed E-state index contributed by atoms with van der Waals surface area (Å²) in [6.07, 6.45) is 0. The average Bonchev–Trinajstić information content (AvgIpc) is 2.95. The van der Waals surface area contributed by atoms with Gasteiger partial charge < -0.3 is 4.74 Å². The van der Waals surface area contributed by atoms with Gasteiger partial charge in [0.05, 0.1) is 11.4 Å². The van der Waals surface area contributed by atoms with E-state index in [9.17, 15) is 9.59 Å². The molecule has 0 saturated heterocycles. The molecule has 0 bridgehead atoms. The Morgan fingerprint density at radius 3 is 2.95 bits per heavy atom. The summed E-state index contributed by atoms with van der Waals surface area (Å²) in [7, 11) is 1.66. The van der Waals surface area contributed by atoms with Crippen molar-refractivity contribution in [3.8, 4) is 5.75 Å². The highest BCUT2D eigenvalue weighted by Crippen LogP contribution is 2.31. The third-order valence-electron chi connectivity index (χ3n) is 3.37. The van der Waals surface area contributed by atoms with E-state index in [2.05, 4.69) is 4.98 Å². The van der Waals surface area contributed by atoms with Crippen LogP contribution < -0.4 is 14.5 Å². The Kier molecular flexibility index (Phi) is 3.81. The third-order valence-corrected chi connectivity index (χ3v) is 4.40. The van der Waals surface area contributed by atoms with Crippen LogP contribution in [0.15, 0.2) is 29.6 Å². The molecule has 2 heterocycles. The molecule has 3 rings (SSSR count). The molecule has 22 heavy (non-hydrogen) atoms. The second-order valence-electron chi connectivity index (χ2n) is 4.96. The van der Waals surface area contributed by atoms with Gasteiger partial charge in [0.15, 0.2) is 11.7 Å². The van der Waals surface area contributed by atoms with Gasteiger partial charge in [0, 0.05) is 12.4 Å². The minimum absolute atomic E-state index is 0.0334. The maximum absolute atomic E-state index is 12.4. The van der Waals surface area contributed by atoms with Crippen LogP contribution in [-0.2, 0) is 9.59 Å². The summed E-state index contributed by atoms with van der Waals surface area (Å²) < 4.78 is 5.37. The number of carbonyl (C=O) groups is 2. The zero-order chi connectivity index (χ0) is 15.7. The molecule has 114 valence electrons. The van der Waals surface area contributed by atoms with Crippen LogP contribution in [0.4, 0.5) is 10.8 Å². The number of fused-ring (bicyclic) bond motifs is 1. The monoisotopic (exact) mass is 317 g/mol. The van der Waals surface area contributed by atoms with Crippen LogP contribution in [0.5, 0.6) is 5.75 Å². The first kappa shape index (κ1) is 14.5. The molecule has 0 spiro atoms. The predicted octanol–water partition coefficient (Wildman–Crippen LogP) is 1.84. The number of thiazole rings is 1. The fourth-order valence-corrected chi connectivity index (χ4v) is 2.96. The second-order valence-corrected chi connectivity index (χ2v) is 5.80. The van der Waals surface area contributed by atoms with Crippen molar-refractivity contribution in [1.29, 1.82) is 0 Å². The third kappa shape index (κ3) is 2.67. The van der Waals surface area contributed by atoms with Gasteiger partial charge in [-0.1, -0.05) is 12.1 Å². The Balaban J connectivity index is 1.80. The van der Waals surface area contributed by atoms with E-state index >= 15 is 0 Å². The van der Waals surface area contributed by atoms with Gasteiger partial charge in [-0.2, -0.15) is 0 Å². The van der Waals surface area contributed by atoms with Crippen LogP contribution in [0.3, 0.4) is 0 Å². The topological polar surface area (TPSA) is 62.7 Å². The molecule has 0 saturated carbocycles. The number of rotatable bonds is 3. The smallest absolute Gasteiger partial charge is 0.265 e.